The molecule has 1 aromatic heterocycles. The van der Waals surface area contributed by atoms with Gasteiger partial charge in [-0.1, -0.05) is 11.6 Å². The van der Waals surface area contributed by atoms with Gasteiger partial charge in [0, 0.05) is 6.07 Å². The highest BCUT2D eigenvalue weighted by Crippen LogP contribution is 2.34. The maximum Gasteiger partial charge on any atom is 0.345 e. The highest BCUT2D eigenvalue weighted by molar-refractivity contribution is 7.18. The van der Waals surface area contributed by atoms with Crippen LogP contribution < -0.4 is 9.47 Å². The van der Waals surface area contributed by atoms with Gasteiger partial charge in [0.1, 0.15) is 5.56 Å². The van der Waals surface area contributed by atoms with Crippen molar-refractivity contribution < 1.29 is 28.7 Å². The van der Waals surface area contributed by atoms with Crippen LogP contribution in [-0.4, -0.2) is 37.5 Å². The molecule has 0 aliphatic carbocycles. The van der Waals surface area contributed by atoms with Crippen LogP contribution in [0.3, 0.4) is 0 Å². The van der Waals surface area contributed by atoms with Crippen molar-refractivity contribution in [2.75, 3.05) is 20.8 Å². The van der Waals surface area contributed by atoms with Crippen LogP contribution in [0.15, 0.2) is 24.3 Å². The van der Waals surface area contributed by atoms with Crippen molar-refractivity contribution in [2.45, 2.75) is 0 Å². The maximum atomic E-state index is 12.2. The van der Waals surface area contributed by atoms with E-state index in [1.54, 1.807) is 6.07 Å². The number of rotatable bonds is 7. The number of carbonyl (C=O) groups excluding carboxylic acids is 2. The predicted octanol–water partition coefficient (Wildman–Crippen LogP) is 3.37. The average molecular weight is 386 g/mol. The zero-order valence-corrected chi connectivity index (χ0v) is 14.7. The molecule has 2 aromatic rings. The highest BCUT2D eigenvalue weighted by Gasteiger charge is 2.26. The molecule has 0 saturated carbocycles. The Morgan fingerprint density at radius 3 is 2.36 bits per heavy atom. The number of hydrogen-bond donors (Lipinski definition) is 0. The van der Waals surface area contributed by atoms with Crippen LogP contribution in [0.5, 0.6) is 11.5 Å². The van der Waals surface area contributed by atoms with Crippen molar-refractivity contribution in [2.24, 2.45) is 0 Å². The summed E-state index contributed by atoms with van der Waals surface area (Å²) in [6, 6.07) is 5.23. The maximum absolute atomic E-state index is 12.2. The minimum absolute atomic E-state index is 0.0926. The van der Waals surface area contributed by atoms with Crippen LogP contribution in [-0.2, 0) is 4.74 Å². The van der Waals surface area contributed by atoms with E-state index < -0.39 is 29.0 Å². The summed E-state index contributed by atoms with van der Waals surface area (Å²) in [6.45, 7) is -0.568. The Hall–Kier alpha value is -2.65. The lowest BCUT2D eigenvalue weighted by molar-refractivity contribution is -0.385. The summed E-state index contributed by atoms with van der Waals surface area (Å²) in [5.74, 6) is -1.27. The molecule has 0 N–H and O–H groups in total. The van der Waals surface area contributed by atoms with Crippen molar-refractivity contribution in [1.82, 2.24) is 0 Å². The summed E-state index contributed by atoms with van der Waals surface area (Å²) in [5.41, 5.74) is -0.867. The summed E-state index contributed by atoms with van der Waals surface area (Å²) in [7, 11) is 2.63. The zero-order chi connectivity index (χ0) is 18.6. The van der Waals surface area contributed by atoms with Crippen molar-refractivity contribution in [3.8, 4) is 11.5 Å². The van der Waals surface area contributed by atoms with Gasteiger partial charge in [-0.15, -0.1) is 11.3 Å². The molecule has 25 heavy (non-hydrogen) atoms. The molecular weight excluding hydrogens is 374 g/mol. The third-order valence-electron chi connectivity index (χ3n) is 3.10. The van der Waals surface area contributed by atoms with Crippen molar-refractivity contribution in [3.63, 3.8) is 0 Å². The second-order valence-corrected chi connectivity index (χ2v) is 6.30. The first kappa shape index (κ1) is 18.7. The second kappa shape index (κ2) is 7.95. The molecule has 0 saturated heterocycles. The molecule has 1 aromatic carbocycles. The number of Topliss-reactive ketones (excluding diaryl/α,β-unsaturated/α-hetero) is 1. The molecule has 2 rings (SSSR count). The predicted molar refractivity (Wildman–Crippen MR) is 90.1 cm³/mol. The molecule has 0 unspecified atom stereocenters. The zero-order valence-electron chi connectivity index (χ0n) is 13.1. The SMILES string of the molecule is COc1cc(C(=O)OCC(=O)c2ccc(Cl)s2)c([N+](=O)[O-])cc1OC. The number of hydrogen-bond acceptors (Lipinski definition) is 8. The lowest BCUT2D eigenvalue weighted by Crippen LogP contribution is -2.15. The fourth-order valence-corrected chi connectivity index (χ4v) is 2.89. The monoisotopic (exact) mass is 385 g/mol. The van der Waals surface area contributed by atoms with Crippen LogP contribution in [0.1, 0.15) is 20.0 Å². The standard InChI is InChI=1S/C15H12ClNO7S/c1-22-11-5-8(9(17(20)21)6-12(11)23-2)15(19)24-7-10(18)13-3-4-14(16)25-13/h3-6H,7H2,1-2H3. The third-order valence-corrected chi connectivity index (χ3v) is 4.37. The number of benzene rings is 1. The van der Waals surface area contributed by atoms with Gasteiger partial charge in [0.2, 0.25) is 5.78 Å². The Morgan fingerprint density at radius 1 is 1.20 bits per heavy atom. The normalized spacial score (nSPS) is 10.2. The molecule has 0 bridgehead atoms. The minimum atomic E-state index is -1.02. The summed E-state index contributed by atoms with van der Waals surface area (Å²) >= 11 is 6.78. The van der Waals surface area contributed by atoms with E-state index in [0.717, 1.165) is 23.5 Å². The van der Waals surface area contributed by atoms with Gasteiger partial charge in [0.15, 0.2) is 18.1 Å². The average Bonchev–Trinajstić information content (AvgIpc) is 3.04. The van der Waals surface area contributed by atoms with E-state index >= 15 is 0 Å². The van der Waals surface area contributed by atoms with Crippen molar-refractivity contribution in [1.29, 1.82) is 0 Å². The van der Waals surface area contributed by atoms with Crippen molar-refractivity contribution >= 4 is 40.4 Å². The molecule has 0 aliphatic rings. The van der Waals surface area contributed by atoms with E-state index in [1.807, 2.05) is 0 Å². The fourth-order valence-electron chi connectivity index (χ4n) is 1.93. The number of ketones is 1. The smallest absolute Gasteiger partial charge is 0.345 e. The third kappa shape index (κ3) is 4.25. The molecule has 8 nitrogen and oxygen atoms in total. The van der Waals surface area contributed by atoms with Gasteiger partial charge in [-0.2, -0.15) is 0 Å². The number of nitro groups is 1. The molecule has 0 atom stereocenters. The van der Waals surface area contributed by atoms with Gasteiger partial charge in [0.25, 0.3) is 5.69 Å². The van der Waals surface area contributed by atoms with E-state index in [-0.39, 0.29) is 17.1 Å². The Kier molecular flexibility index (Phi) is 5.94. The lowest BCUT2D eigenvalue weighted by atomic mass is 10.1. The van der Waals surface area contributed by atoms with Crippen LogP contribution in [0.25, 0.3) is 0 Å². The summed E-state index contributed by atoms with van der Waals surface area (Å²) < 4.78 is 15.3. The molecule has 132 valence electrons. The molecule has 0 fully saturated rings. The number of esters is 1. The van der Waals surface area contributed by atoms with E-state index in [2.05, 4.69) is 0 Å². The number of carbonyl (C=O) groups is 2. The quantitative estimate of drug-likeness (QED) is 0.311. The first-order chi connectivity index (χ1) is 11.9. The molecular formula is C15H12ClNO7S. The number of methoxy groups -OCH3 is 2. The van der Waals surface area contributed by atoms with Gasteiger partial charge in [-0.25, -0.2) is 4.79 Å². The lowest BCUT2D eigenvalue weighted by Gasteiger charge is -2.10. The second-order valence-electron chi connectivity index (χ2n) is 4.58. The first-order valence-corrected chi connectivity index (χ1v) is 7.93. The Bertz CT molecular complexity index is 833. The number of thiophene rings is 1. The van der Waals surface area contributed by atoms with Crippen LogP contribution in [0, 0.1) is 10.1 Å². The van der Waals surface area contributed by atoms with Crippen LogP contribution >= 0.6 is 22.9 Å². The Labute approximate surface area is 151 Å². The number of ether oxygens (including phenoxy) is 3. The fraction of sp³-hybridized carbons (Fsp3) is 0.200. The first-order valence-electron chi connectivity index (χ1n) is 6.73. The van der Waals surface area contributed by atoms with E-state index in [9.17, 15) is 19.7 Å². The topological polar surface area (TPSA) is 105 Å². The molecule has 0 amide bonds. The van der Waals surface area contributed by atoms with Crippen LogP contribution in [0.4, 0.5) is 5.69 Å². The highest BCUT2D eigenvalue weighted by atomic mass is 35.5. The largest absolute Gasteiger partial charge is 0.493 e. The Morgan fingerprint density at radius 2 is 1.84 bits per heavy atom. The van der Waals surface area contributed by atoms with Gasteiger partial charge in [0.05, 0.1) is 34.4 Å². The van der Waals surface area contributed by atoms with Gasteiger partial charge in [-0.05, 0) is 12.1 Å². The summed E-state index contributed by atoms with van der Waals surface area (Å²) in [4.78, 5) is 34.9. The Balaban J connectivity index is 2.22. The number of nitro benzene ring substituents is 1. The van der Waals surface area contributed by atoms with E-state index in [1.165, 1.54) is 20.3 Å². The minimum Gasteiger partial charge on any atom is -0.493 e. The van der Waals surface area contributed by atoms with E-state index in [0.29, 0.717) is 9.21 Å². The number of nitrogens with zero attached hydrogens (tertiary/aromatic N) is 1. The van der Waals surface area contributed by atoms with Gasteiger partial charge >= 0.3 is 5.97 Å². The molecule has 1 heterocycles. The molecule has 0 radical (unpaired) electrons. The van der Waals surface area contributed by atoms with Gasteiger partial charge in [-0.3, -0.25) is 14.9 Å². The van der Waals surface area contributed by atoms with Gasteiger partial charge < -0.3 is 14.2 Å². The number of halogens is 1. The molecule has 10 heteroatoms. The molecule has 0 spiro atoms. The summed E-state index contributed by atoms with van der Waals surface area (Å²) in [6.07, 6.45) is 0. The van der Waals surface area contributed by atoms with Crippen molar-refractivity contribution in [3.05, 3.63) is 49.2 Å². The van der Waals surface area contributed by atoms with Crippen LogP contribution in [0.2, 0.25) is 4.34 Å². The molecule has 0 aliphatic heterocycles. The summed E-state index contributed by atoms with van der Waals surface area (Å²) in [5, 5.41) is 11.2. The van der Waals surface area contributed by atoms with E-state index in [4.69, 9.17) is 25.8 Å².